The zero-order valence-electron chi connectivity index (χ0n) is 65.4. The second-order valence-electron chi connectivity index (χ2n) is 27.0. The van der Waals surface area contributed by atoms with Crippen LogP contribution in [0, 0.1) is 0 Å². The smallest absolute Gasteiger partial charge is 0.462 e. The number of phosphoric acid groups is 2. The number of rotatable bonds is 76. The molecule has 0 radical (unpaired) electrons. The Balaban J connectivity index is 5.44. The number of aliphatic hydroxyl groups excluding tert-OH is 1. The van der Waals surface area contributed by atoms with Gasteiger partial charge in [0.2, 0.25) is 0 Å². The van der Waals surface area contributed by atoms with Gasteiger partial charge in [0.15, 0.2) is 12.2 Å². The number of aliphatic hydroxyl groups is 1. The van der Waals surface area contributed by atoms with Gasteiger partial charge in [-0.15, -0.1) is 0 Å². The normalized spacial score (nSPS) is 14.5. The van der Waals surface area contributed by atoms with E-state index < -0.39 is 97.5 Å². The van der Waals surface area contributed by atoms with Crippen LogP contribution in [0.5, 0.6) is 0 Å². The maximum Gasteiger partial charge on any atom is 0.472 e. The third-order valence-corrected chi connectivity index (χ3v) is 18.8. The Morgan fingerprint density at radius 3 is 0.865 bits per heavy atom. The first-order valence-electron chi connectivity index (χ1n) is 40.8. The van der Waals surface area contributed by atoms with E-state index in [0.717, 1.165) is 167 Å². The number of unbranched alkanes of at least 4 members (excludes halogenated alkanes) is 30. The number of hydrogen-bond donors (Lipinski definition) is 3. The predicted molar refractivity (Wildman–Crippen MR) is 427 cm³/mol. The fourth-order valence-corrected chi connectivity index (χ4v) is 12.3. The quantitative estimate of drug-likeness (QED) is 0.0169. The molecule has 2 unspecified atom stereocenters. The van der Waals surface area contributed by atoms with Crippen molar-refractivity contribution >= 4 is 39.5 Å². The van der Waals surface area contributed by atoms with Crippen LogP contribution in [0.25, 0.3) is 0 Å². The largest absolute Gasteiger partial charge is 0.472 e. The highest BCUT2D eigenvalue weighted by atomic mass is 31.2. The van der Waals surface area contributed by atoms with E-state index in [-0.39, 0.29) is 25.7 Å². The van der Waals surface area contributed by atoms with Gasteiger partial charge in [-0.05, 0) is 148 Å². The van der Waals surface area contributed by atoms with Crippen LogP contribution in [0.1, 0.15) is 336 Å². The van der Waals surface area contributed by atoms with Gasteiger partial charge in [0.1, 0.15) is 19.3 Å². The van der Waals surface area contributed by atoms with E-state index in [4.69, 9.17) is 37.0 Å². The molecule has 0 aliphatic carbocycles. The fraction of sp³-hybridized carbons (Fsp3) is 0.718. The standard InChI is InChI=1S/C85H146O17P2/c1-5-9-13-17-21-25-29-33-37-38-39-40-44-46-50-54-58-62-66-70-83(88)96-76-81(102-85(90)72-68-64-60-56-52-48-43-36-32-28-24-20-16-12-8-4)78-100-104(93,94)98-74-79(86)73-97-103(91,92)99-77-80(101-84(89)71-67-63-59-55-51-47-42-35-31-27-23-19-15-11-7-3)75-95-82(87)69-65-61-57-53-49-45-41-34-30-26-22-18-14-10-6-2/h9,13,21,24-25,27-28,31,33-34,36-37,39-41,43,46,50,58,62,79-81,86H,5-8,10-12,14-20,22-23,26,29-30,32,35,38,42,44-45,47-49,51-57,59-61,63-78H2,1-4H3,(H,91,92)(H,93,94)/b13-9-,25-21-,28-24-,31-27-,37-33-,40-39-,41-34-,43-36-,50-46-,62-58-/t79-,80-,81-/m1/s1. The molecule has 0 aromatic rings. The maximum absolute atomic E-state index is 13.1. The van der Waals surface area contributed by atoms with Crippen molar-refractivity contribution in [2.75, 3.05) is 39.6 Å². The van der Waals surface area contributed by atoms with Gasteiger partial charge in [0.25, 0.3) is 0 Å². The number of carbonyl (C=O) groups excluding carboxylic acids is 4. The summed E-state index contributed by atoms with van der Waals surface area (Å²) < 4.78 is 68.6. The topological polar surface area (TPSA) is 237 Å². The summed E-state index contributed by atoms with van der Waals surface area (Å²) in [5.41, 5.74) is 0. The predicted octanol–water partition coefficient (Wildman–Crippen LogP) is 23.9. The lowest BCUT2D eigenvalue weighted by Crippen LogP contribution is -2.30. The molecule has 5 atom stereocenters. The number of carbonyl (C=O) groups is 4. The second-order valence-corrected chi connectivity index (χ2v) is 29.9. The minimum atomic E-state index is -5.00. The summed E-state index contributed by atoms with van der Waals surface area (Å²) in [6, 6.07) is 0. The Bertz CT molecular complexity index is 2440. The van der Waals surface area contributed by atoms with Gasteiger partial charge in [0, 0.05) is 25.7 Å². The summed E-state index contributed by atoms with van der Waals surface area (Å²) in [6.45, 7) is 4.63. The van der Waals surface area contributed by atoms with Gasteiger partial charge >= 0.3 is 39.5 Å². The molecule has 3 N–H and O–H groups in total. The molecule has 104 heavy (non-hydrogen) atoms. The summed E-state index contributed by atoms with van der Waals surface area (Å²) in [5, 5.41) is 10.6. The van der Waals surface area contributed by atoms with Crippen molar-refractivity contribution in [1.29, 1.82) is 0 Å². The summed E-state index contributed by atoms with van der Waals surface area (Å²) in [5.74, 6) is -2.29. The molecule has 0 aromatic heterocycles. The molecule has 598 valence electrons. The lowest BCUT2D eigenvalue weighted by molar-refractivity contribution is -0.161. The van der Waals surface area contributed by atoms with Crippen molar-refractivity contribution in [3.8, 4) is 0 Å². The number of phosphoric ester groups is 2. The summed E-state index contributed by atoms with van der Waals surface area (Å²) in [7, 11) is -9.99. The van der Waals surface area contributed by atoms with Crippen LogP contribution in [-0.2, 0) is 65.4 Å². The van der Waals surface area contributed by atoms with Crippen molar-refractivity contribution in [2.24, 2.45) is 0 Å². The van der Waals surface area contributed by atoms with Gasteiger partial charge in [-0.2, -0.15) is 0 Å². The van der Waals surface area contributed by atoms with Crippen LogP contribution >= 0.6 is 15.6 Å². The zero-order valence-corrected chi connectivity index (χ0v) is 67.2. The van der Waals surface area contributed by atoms with E-state index in [1.165, 1.54) is 83.5 Å². The molecule has 0 amide bonds. The third-order valence-electron chi connectivity index (χ3n) is 16.9. The SMILES string of the molecule is CC/C=C\C/C=C\C/C=C\C/C=C\C/C=C\C/C=C\CCC(=O)OC[C@H](COP(=O)(O)OC[C@H](O)COP(=O)(O)OC[C@@H](COC(=O)CCCCCCC/C=C\CCCCCCCC)OC(=O)CCCCCCCCC/C=C\CCCCCC)OC(=O)CCCCCCC/C=C\C/C=C\CCCCC. The first kappa shape index (κ1) is 99.5. The zero-order chi connectivity index (χ0) is 76.0. The molecule has 0 aliphatic rings. The lowest BCUT2D eigenvalue weighted by Gasteiger charge is -2.21. The summed E-state index contributed by atoms with van der Waals surface area (Å²) in [6.07, 6.45) is 84.7. The number of hydrogen-bond acceptors (Lipinski definition) is 15. The Kier molecular flexibility index (Phi) is 73.3. The van der Waals surface area contributed by atoms with Gasteiger partial charge in [-0.3, -0.25) is 37.3 Å². The van der Waals surface area contributed by atoms with Gasteiger partial charge < -0.3 is 33.8 Å². The van der Waals surface area contributed by atoms with Crippen molar-refractivity contribution in [2.45, 2.75) is 354 Å². The molecular formula is C85H146O17P2. The monoisotopic (exact) mass is 1500 g/mol. The first-order valence-corrected chi connectivity index (χ1v) is 43.8. The van der Waals surface area contributed by atoms with Crippen molar-refractivity contribution in [3.05, 3.63) is 122 Å². The van der Waals surface area contributed by atoms with Crippen LogP contribution in [0.3, 0.4) is 0 Å². The van der Waals surface area contributed by atoms with E-state index in [1.807, 2.05) is 18.2 Å². The van der Waals surface area contributed by atoms with Crippen molar-refractivity contribution in [1.82, 2.24) is 0 Å². The molecule has 0 aromatic carbocycles. The maximum atomic E-state index is 13.1. The summed E-state index contributed by atoms with van der Waals surface area (Å²) in [4.78, 5) is 73.0. The van der Waals surface area contributed by atoms with Gasteiger partial charge in [-0.25, -0.2) is 9.13 Å². The highest BCUT2D eigenvalue weighted by Crippen LogP contribution is 2.45. The van der Waals surface area contributed by atoms with Crippen LogP contribution in [0.2, 0.25) is 0 Å². The minimum Gasteiger partial charge on any atom is -0.462 e. The molecule has 0 bridgehead atoms. The minimum absolute atomic E-state index is 0.0311. The van der Waals surface area contributed by atoms with Crippen molar-refractivity contribution < 1.29 is 80.2 Å². The highest BCUT2D eigenvalue weighted by molar-refractivity contribution is 7.47. The highest BCUT2D eigenvalue weighted by Gasteiger charge is 2.30. The molecular weight excluding hydrogens is 1350 g/mol. The number of allylic oxidation sites excluding steroid dienone is 20. The van der Waals surface area contributed by atoms with E-state index in [0.29, 0.717) is 32.1 Å². The van der Waals surface area contributed by atoms with Crippen molar-refractivity contribution in [3.63, 3.8) is 0 Å². The summed E-state index contributed by atoms with van der Waals surface area (Å²) >= 11 is 0. The molecule has 0 heterocycles. The average Bonchev–Trinajstić information content (AvgIpc) is 0.918. The molecule has 0 aliphatic heterocycles. The van der Waals surface area contributed by atoms with Crippen LogP contribution < -0.4 is 0 Å². The van der Waals surface area contributed by atoms with E-state index in [9.17, 15) is 43.2 Å². The van der Waals surface area contributed by atoms with E-state index in [2.05, 4.69) is 131 Å². The van der Waals surface area contributed by atoms with Gasteiger partial charge in [0.05, 0.1) is 26.4 Å². The van der Waals surface area contributed by atoms with E-state index >= 15 is 0 Å². The Hall–Kier alpha value is -4.54. The van der Waals surface area contributed by atoms with E-state index in [1.54, 1.807) is 0 Å². The van der Waals surface area contributed by atoms with Crippen LogP contribution in [0.15, 0.2) is 122 Å². The lowest BCUT2D eigenvalue weighted by atomic mass is 10.1. The van der Waals surface area contributed by atoms with Crippen LogP contribution in [0.4, 0.5) is 0 Å². The first-order chi connectivity index (χ1) is 50.7. The molecule has 0 saturated carbocycles. The average molecular weight is 1500 g/mol. The molecule has 0 rings (SSSR count). The van der Waals surface area contributed by atoms with Crippen LogP contribution in [-0.4, -0.2) is 96.7 Å². The number of ether oxygens (including phenoxy) is 4. The molecule has 0 saturated heterocycles. The fourth-order valence-electron chi connectivity index (χ4n) is 10.7. The Morgan fingerprint density at radius 1 is 0.279 bits per heavy atom. The Morgan fingerprint density at radius 2 is 0.519 bits per heavy atom. The second kappa shape index (κ2) is 76.6. The Labute approximate surface area is 632 Å². The molecule has 17 nitrogen and oxygen atoms in total. The molecule has 0 spiro atoms. The molecule has 0 fully saturated rings. The van der Waals surface area contributed by atoms with Gasteiger partial charge in [-0.1, -0.05) is 284 Å². The molecule has 19 heteroatoms. The third kappa shape index (κ3) is 75.7. The number of esters is 4.